The minimum absolute atomic E-state index is 0.109. The predicted octanol–water partition coefficient (Wildman–Crippen LogP) is -0.0590. The summed E-state index contributed by atoms with van der Waals surface area (Å²) in [6.07, 6.45) is 3.07. The van der Waals surface area contributed by atoms with Gasteiger partial charge in [-0.25, -0.2) is 0 Å². The van der Waals surface area contributed by atoms with Crippen molar-refractivity contribution in [1.82, 2.24) is 15.1 Å². The Hall–Kier alpha value is -1.89. The monoisotopic (exact) mass is 267 g/mol. The van der Waals surface area contributed by atoms with Gasteiger partial charge in [-0.2, -0.15) is 5.10 Å². The first-order valence-electron chi connectivity index (χ1n) is 6.03. The number of aromatic nitrogens is 2. The standard InChI is InChI=1S/C12H21N5O2/c1-12(2,3)10(13)11(19)16-8-5-15-17(6-8)7-9(18)14-4/h5-6,10H,7,13H2,1-4H3,(H,14,18)(H,16,19)/t10-/m0/s1. The molecule has 0 fully saturated rings. The highest BCUT2D eigenvalue weighted by atomic mass is 16.2. The number of anilines is 1. The van der Waals surface area contributed by atoms with E-state index in [-0.39, 0.29) is 23.8 Å². The molecule has 7 heteroatoms. The van der Waals surface area contributed by atoms with E-state index in [1.807, 2.05) is 20.8 Å². The summed E-state index contributed by atoms with van der Waals surface area (Å²) in [5.74, 6) is -0.431. The SMILES string of the molecule is CNC(=O)Cn1cc(NC(=O)[C@H](N)C(C)(C)C)cn1. The van der Waals surface area contributed by atoms with Gasteiger partial charge in [0.1, 0.15) is 6.54 Å². The zero-order chi connectivity index (χ0) is 14.6. The fourth-order valence-corrected chi connectivity index (χ4v) is 1.35. The van der Waals surface area contributed by atoms with Crippen LogP contribution in [0.3, 0.4) is 0 Å². The largest absolute Gasteiger partial charge is 0.358 e. The molecule has 0 saturated heterocycles. The first-order valence-corrected chi connectivity index (χ1v) is 6.03. The molecular weight excluding hydrogens is 246 g/mol. The summed E-state index contributed by atoms with van der Waals surface area (Å²) in [7, 11) is 1.55. The highest BCUT2D eigenvalue weighted by Gasteiger charge is 2.27. The number of carbonyl (C=O) groups is 2. The predicted molar refractivity (Wildman–Crippen MR) is 72.4 cm³/mol. The molecule has 2 amide bonds. The van der Waals surface area contributed by atoms with E-state index in [1.165, 1.54) is 10.9 Å². The van der Waals surface area contributed by atoms with Crippen LogP contribution in [0.5, 0.6) is 0 Å². The maximum atomic E-state index is 11.9. The van der Waals surface area contributed by atoms with Crippen LogP contribution in [0.2, 0.25) is 0 Å². The van der Waals surface area contributed by atoms with Crippen LogP contribution < -0.4 is 16.4 Å². The molecule has 0 aliphatic carbocycles. The zero-order valence-corrected chi connectivity index (χ0v) is 11.7. The van der Waals surface area contributed by atoms with Crippen molar-refractivity contribution in [2.75, 3.05) is 12.4 Å². The van der Waals surface area contributed by atoms with Crippen molar-refractivity contribution in [2.24, 2.45) is 11.1 Å². The number of rotatable bonds is 4. The first-order chi connectivity index (χ1) is 8.74. The summed E-state index contributed by atoms with van der Waals surface area (Å²) in [4.78, 5) is 23.1. The van der Waals surface area contributed by atoms with E-state index in [4.69, 9.17) is 5.73 Å². The zero-order valence-electron chi connectivity index (χ0n) is 11.7. The van der Waals surface area contributed by atoms with Crippen molar-refractivity contribution in [3.05, 3.63) is 12.4 Å². The van der Waals surface area contributed by atoms with Crippen LogP contribution in [0.25, 0.3) is 0 Å². The van der Waals surface area contributed by atoms with Crippen LogP contribution in [-0.2, 0) is 16.1 Å². The summed E-state index contributed by atoms with van der Waals surface area (Å²) in [6, 6.07) is -0.616. The summed E-state index contributed by atoms with van der Waals surface area (Å²) in [5, 5.41) is 9.15. The number of nitrogens with zero attached hydrogens (tertiary/aromatic N) is 2. The lowest BCUT2D eigenvalue weighted by molar-refractivity contribution is -0.121. The fourth-order valence-electron chi connectivity index (χ4n) is 1.35. The van der Waals surface area contributed by atoms with Gasteiger partial charge in [-0.1, -0.05) is 20.8 Å². The van der Waals surface area contributed by atoms with E-state index in [2.05, 4.69) is 15.7 Å². The van der Waals surface area contributed by atoms with Gasteiger partial charge in [0.15, 0.2) is 0 Å². The van der Waals surface area contributed by atoms with Crippen LogP contribution in [0.15, 0.2) is 12.4 Å². The van der Waals surface area contributed by atoms with Gasteiger partial charge in [-0.15, -0.1) is 0 Å². The lowest BCUT2D eigenvalue weighted by Gasteiger charge is -2.25. The Labute approximate surface area is 112 Å². The lowest BCUT2D eigenvalue weighted by Crippen LogP contribution is -2.45. The van der Waals surface area contributed by atoms with Gasteiger partial charge < -0.3 is 16.4 Å². The van der Waals surface area contributed by atoms with Gasteiger partial charge in [0.05, 0.1) is 17.9 Å². The molecule has 0 aliphatic heterocycles. The topological polar surface area (TPSA) is 102 Å². The Balaban J connectivity index is 2.64. The molecule has 0 unspecified atom stereocenters. The van der Waals surface area contributed by atoms with E-state index in [1.54, 1.807) is 13.2 Å². The Morgan fingerprint density at radius 1 is 1.47 bits per heavy atom. The highest BCUT2D eigenvalue weighted by molar-refractivity contribution is 5.95. The van der Waals surface area contributed by atoms with Crippen molar-refractivity contribution in [3.8, 4) is 0 Å². The number of hydrogen-bond donors (Lipinski definition) is 3. The Morgan fingerprint density at radius 2 is 2.11 bits per heavy atom. The van der Waals surface area contributed by atoms with Crippen molar-refractivity contribution in [3.63, 3.8) is 0 Å². The van der Waals surface area contributed by atoms with Gasteiger partial charge in [-0.3, -0.25) is 14.3 Å². The molecule has 1 heterocycles. The minimum atomic E-state index is -0.616. The maximum absolute atomic E-state index is 11.9. The normalized spacial score (nSPS) is 12.9. The summed E-state index contributed by atoms with van der Waals surface area (Å²) < 4.78 is 1.44. The molecule has 0 aliphatic rings. The van der Waals surface area contributed by atoms with Gasteiger partial charge in [0, 0.05) is 13.2 Å². The molecule has 1 aromatic rings. The van der Waals surface area contributed by atoms with E-state index < -0.39 is 6.04 Å². The van der Waals surface area contributed by atoms with E-state index in [9.17, 15) is 9.59 Å². The van der Waals surface area contributed by atoms with Crippen LogP contribution in [0, 0.1) is 5.41 Å². The number of nitrogens with two attached hydrogens (primary N) is 1. The van der Waals surface area contributed by atoms with Gasteiger partial charge >= 0.3 is 0 Å². The van der Waals surface area contributed by atoms with E-state index in [0.29, 0.717) is 5.69 Å². The number of likely N-dealkylation sites (N-methyl/N-ethyl adjacent to an activating group) is 1. The van der Waals surface area contributed by atoms with Crippen LogP contribution in [0.1, 0.15) is 20.8 Å². The number of hydrogen-bond acceptors (Lipinski definition) is 4. The smallest absolute Gasteiger partial charge is 0.241 e. The third-order valence-electron chi connectivity index (χ3n) is 2.70. The molecule has 106 valence electrons. The summed E-state index contributed by atoms with van der Waals surface area (Å²) in [6.45, 7) is 5.79. The van der Waals surface area contributed by atoms with E-state index >= 15 is 0 Å². The molecule has 7 nitrogen and oxygen atoms in total. The van der Waals surface area contributed by atoms with Crippen LogP contribution in [0.4, 0.5) is 5.69 Å². The summed E-state index contributed by atoms with van der Waals surface area (Å²) >= 11 is 0. The quantitative estimate of drug-likeness (QED) is 0.711. The third-order valence-corrected chi connectivity index (χ3v) is 2.70. The molecule has 0 saturated carbocycles. The molecule has 4 N–H and O–H groups in total. The molecule has 1 atom stereocenters. The molecule has 0 aromatic carbocycles. The highest BCUT2D eigenvalue weighted by Crippen LogP contribution is 2.18. The molecule has 0 spiro atoms. The second kappa shape index (κ2) is 5.83. The van der Waals surface area contributed by atoms with Crippen molar-refractivity contribution in [2.45, 2.75) is 33.4 Å². The second-order valence-corrected chi connectivity index (χ2v) is 5.43. The average Bonchev–Trinajstić information content (AvgIpc) is 2.73. The molecule has 1 rings (SSSR count). The second-order valence-electron chi connectivity index (χ2n) is 5.43. The third kappa shape index (κ3) is 4.36. The molecule has 0 bridgehead atoms. The van der Waals surface area contributed by atoms with Crippen LogP contribution >= 0.6 is 0 Å². The molecular formula is C12H21N5O2. The Morgan fingerprint density at radius 3 is 2.63 bits per heavy atom. The Kier molecular flexibility index (Phi) is 4.66. The first kappa shape index (κ1) is 15.2. The molecule has 19 heavy (non-hydrogen) atoms. The summed E-state index contributed by atoms with van der Waals surface area (Å²) in [5.41, 5.74) is 6.05. The van der Waals surface area contributed by atoms with Crippen molar-refractivity contribution >= 4 is 17.5 Å². The van der Waals surface area contributed by atoms with Crippen molar-refractivity contribution in [1.29, 1.82) is 0 Å². The fraction of sp³-hybridized carbons (Fsp3) is 0.583. The maximum Gasteiger partial charge on any atom is 0.241 e. The van der Waals surface area contributed by atoms with Gasteiger partial charge in [0.25, 0.3) is 0 Å². The number of nitrogens with one attached hydrogen (secondary N) is 2. The number of amides is 2. The molecule has 1 aromatic heterocycles. The van der Waals surface area contributed by atoms with Crippen LogP contribution in [-0.4, -0.2) is 34.7 Å². The van der Waals surface area contributed by atoms with Gasteiger partial charge in [-0.05, 0) is 5.41 Å². The van der Waals surface area contributed by atoms with Gasteiger partial charge in [0.2, 0.25) is 11.8 Å². The lowest BCUT2D eigenvalue weighted by atomic mass is 9.87. The minimum Gasteiger partial charge on any atom is -0.358 e. The number of carbonyl (C=O) groups excluding carboxylic acids is 2. The average molecular weight is 267 g/mol. The van der Waals surface area contributed by atoms with Crippen molar-refractivity contribution < 1.29 is 9.59 Å². The Bertz CT molecular complexity index is 461. The van der Waals surface area contributed by atoms with E-state index in [0.717, 1.165) is 0 Å². The molecule has 0 radical (unpaired) electrons.